The molecule has 0 radical (unpaired) electrons. The molecule has 2 aliphatic rings. The number of aromatic amines is 1. The Hall–Kier alpha value is -0.880. The summed E-state index contributed by atoms with van der Waals surface area (Å²) in [5, 5.41) is 0. The third-order valence-electron chi connectivity index (χ3n) is 6.11. The molecule has 2 aliphatic heterocycles. The number of H-pyrrole nitrogens is 1. The molecular formula is C26H29NS4. The van der Waals surface area contributed by atoms with Crippen LogP contribution < -0.4 is 0 Å². The van der Waals surface area contributed by atoms with Gasteiger partial charge in [0, 0.05) is 31.5 Å². The molecule has 0 atom stereocenters. The summed E-state index contributed by atoms with van der Waals surface area (Å²) in [5.41, 5.74) is 2.88. The van der Waals surface area contributed by atoms with Gasteiger partial charge in [0.25, 0.3) is 0 Å². The molecule has 162 valence electrons. The summed E-state index contributed by atoms with van der Waals surface area (Å²) in [6, 6.07) is 20.2. The van der Waals surface area contributed by atoms with Gasteiger partial charge in [-0.3, -0.25) is 0 Å². The fourth-order valence-corrected chi connectivity index (χ4v) is 10.9. The van der Waals surface area contributed by atoms with Gasteiger partial charge in [0.2, 0.25) is 0 Å². The highest BCUT2D eigenvalue weighted by Crippen LogP contribution is 2.71. The van der Waals surface area contributed by atoms with Crippen LogP contribution in [0, 0.1) is 10.8 Å². The van der Waals surface area contributed by atoms with Gasteiger partial charge in [-0.25, -0.2) is 0 Å². The van der Waals surface area contributed by atoms with Crippen LogP contribution in [0.15, 0.2) is 80.4 Å². The lowest BCUT2D eigenvalue weighted by molar-refractivity contribution is 0.368. The number of thioether (sulfide) groups is 4. The van der Waals surface area contributed by atoms with Gasteiger partial charge in [-0.2, -0.15) is 0 Å². The van der Waals surface area contributed by atoms with E-state index < -0.39 is 0 Å². The normalized spacial score (nSPS) is 19.3. The molecule has 0 saturated heterocycles. The van der Waals surface area contributed by atoms with E-state index in [4.69, 9.17) is 0 Å². The Bertz CT molecular complexity index is 995. The molecule has 0 bridgehead atoms. The minimum Gasteiger partial charge on any atom is -0.363 e. The Morgan fingerprint density at radius 3 is 1.39 bits per heavy atom. The van der Waals surface area contributed by atoms with Gasteiger partial charge in [0.15, 0.2) is 0 Å². The van der Waals surface area contributed by atoms with Crippen LogP contribution in [0.3, 0.4) is 0 Å². The maximum atomic E-state index is 3.76. The SMILES string of the molecule is CC(C)(C)C1(c2c[nH]c(C3(C(C)(C)C)Sc4ccccc4S3)c2)Sc2ccccc2S1. The predicted molar refractivity (Wildman–Crippen MR) is 139 cm³/mol. The summed E-state index contributed by atoms with van der Waals surface area (Å²) in [4.78, 5) is 9.33. The van der Waals surface area contributed by atoms with Crippen LogP contribution in [-0.2, 0) is 8.16 Å². The van der Waals surface area contributed by atoms with E-state index in [1.54, 1.807) is 0 Å². The van der Waals surface area contributed by atoms with Crippen molar-refractivity contribution in [2.75, 3.05) is 0 Å². The zero-order chi connectivity index (χ0) is 22.1. The summed E-state index contributed by atoms with van der Waals surface area (Å²) in [6.07, 6.45) is 2.28. The van der Waals surface area contributed by atoms with E-state index in [0.29, 0.717) is 0 Å². The second kappa shape index (κ2) is 7.31. The van der Waals surface area contributed by atoms with E-state index in [1.807, 2.05) is 47.0 Å². The molecule has 3 heterocycles. The second-order valence-corrected chi connectivity index (χ2v) is 15.9. The third kappa shape index (κ3) is 3.34. The van der Waals surface area contributed by atoms with E-state index in [9.17, 15) is 0 Å². The molecule has 1 aromatic heterocycles. The van der Waals surface area contributed by atoms with Crippen molar-refractivity contribution in [1.82, 2.24) is 4.98 Å². The molecule has 2 aromatic carbocycles. The number of nitrogens with one attached hydrogen (secondary N) is 1. The largest absolute Gasteiger partial charge is 0.363 e. The molecule has 0 spiro atoms. The number of hydrogen-bond donors (Lipinski definition) is 1. The lowest BCUT2D eigenvalue weighted by atomic mass is 9.86. The van der Waals surface area contributed by atoms with Gasteiger partial charge < -0.3 is 4.98 Å². The van der Waals surface area contributed by atoms with Crippen molar-refractivity contribution in [2.45, 2.75) is 69.3 Å². The Morgan fingerprint density at radius 1 is 0.613 bits per heavy atom. The zero-order valence-corrected chi connectivity index (χ0v) is 22.2. The molecule has 0 fully saturated rings. The maximum absolute atomic E-state index is 3.76. The van der Waals surface area contributed by atoms with E-state index in [0.717, 1.165) is 0 Å². The van der Waals surface area contributed by atoms with Crippen molar-refractivity contribution in [3.63, 3.8) is 0 Å². The number of aromatic nitrogens is 1. The van der Waals surface area contributed by atoms with Crippen molar-refractivity contribution in [2.24, 2.45) is 10.8 Å². The first-order chi connectivity index (χ1) is 14.6. The number of fused-ring (bicyclic) bond motifs is 2. The summed E-state index contributed by atoms with van der Waals surface area (Å²) < 4.78 is -0.125. The lowest BCUT2D eigenvalue weighted by Gasteiger charge is -2.41. The van der Waals surface area contributed by atoms with Crippen LogP contribution in [0.25, 0.3) is 0 Å². The van der Waals surface area contributed by atoms with Crippen LogP contribution >= 0.6 is 47.0 Å². The van der Waals surface area contributed by atoms with Gasteiger partial charge in [-0.05, 0) is 46.7 Å². The van der Waals surface area contributed by atoms with E-state index in [2.05, 4.69) is 107 Å². The van der Waals surface area contributed by atoms with E-state index >= 15 is 0 Å². The quantitative estimate of drug-likeness (QED) is 0.390. The Balaban J connectivity index is 1.60. The molecule has 1 nitrogen and oxygen atoms in total. The van der Waals surface area contributed by atoms with Crippen LogP contribution in [-0.4, -0.2) is 4.98 Å². The van der Waals surface area contributed by atoms with Crippen LogP contribution in [0.5, 0.6) is 0 Å². The molecule has 1 N–H and O–H groups in total. The van der Waals surface area contributed by atoms with Crippen molar-refractivity contribution in [3.8, 4) is 0 Å². The summed E-state index contributed by atoms with van der Waals surface area (Å²) in [7, 11) is 0. The number of benzene rings is 2. The van der Waals surface area contributed by atoms with Gasteiger partial charge in [0.05, 0.1) is 0 Å². The van der Waals surface area contributed by atoms with Gasteiger partial charge >= 0.3 is 0 Å². The van der Waals surface area contributed by atoms with E-state index in [-0.39, 0.29) is 19.0 Å². The summed E-state index contributed by atoms with van der Waals surface area (Å²) in [6.45, 7) is 14.2. The number of hydrogen-bond acceptors (Lipinski definition) is 4. The van der Waals surface area contributed by atoms with Crippen LogP contribution in [0.1, 0.15) is 52.8 Å². The fourth-order valence-electron chi connectivity index (χ4n) is 4.35. The minimum atomic E-state index is -0.0746. The van der Waals surface area contributed by atoms with Crippen LogP contribution in [0.2, 0.25) is 0 Å². The molecular weight excluding hydrogens is 455 g/mol. The average molecular weight is 484 g/mol. The number of rotatable bonds is 2. The lowest BCUT2D eigenvalue weighted by Crippen LogP contribution is -2.33. The first-order valence-corrected chi connectivity index (χ1v) is 14.0. The van der Waals surface area contributed by atoms with Gasteiger partial charge in [-0.1, -0.05) is 89.3 Å². The smallest absolute Gasteiger partial charge is 0.115 e. The predicted octanol–water partition coefficient (Wildman–Crippen LogP) is 9.21. The average Bonchev–Trinajstić information content (AvgIpc) is 3.41. The zero-order valence-electron chi connectivity index (χ0n) is 18.9. The Labute approximate surface area is 203 Å². The third-order valence-corrected chi connectivity index (χ3v) is 14.2. The molecule has 5 heteroatoms. The summed E-state index contributed by atoms with van der Waals surface area (Å²) in [5.74, 6) is 0. The summed E-state index contributed by atoms with van der Waals surface area (Å²) >= 11 is 8.07. The monoisotopic (exact) mass is 483 g/mol. The Morgan fingerprint density at radius 2 is 1.00 bits per heavy atom. The highest BCUT2D eigenvalue weighted by atomic mass is 32.2. The van der Waals surface area contributed by atoms with Crippen LogP contribution in [0.4, 0.5) is 0 Å². The van der Waals surface area contributed by atoms with Crippen molar-refractivity contribution in [1.29, 1.82) is 0 Å². The highest BCUT2D eigenvalue weighted by Gasteiger charge is 2.54. The Kier molecular flexibility index (Phi) is 5.17. The second-order valence-electron chi connectivity index (χ2n) is 10.3. The van der Waals surface area contributed by atoms with Gasteiger partial charge in [-0.15, -0.1) is 23.5 Å². The molecule has 0 amide bonds. The molecule has 0 saturated carbocycles. The first-order valence-electron chi connectivity index (χ1n) is 10.7. The van der Waals surface area contributed by atoms with Crippen molar-refractivity contribution < 1.29 is 0 Å². The van der Waals surface area contributed by atoms with Gasteiger partial charge in [0.1, 0.15) is 8.16 Å². The first kappa shape index (κ1) is 21.9. The fraction of sp³-hybridized carbons (Fsp3) is 0.385. The van der Waals surface area contributed by atoms with Crippen molar-refractivity contribution in [3.05, 3.63) is 72.1 Å². The maximum Gasteiger partial charge on any atom is 0.115 e. The molecule has 31 heavy (non-hydrogen) atoms. The highest BCUT2D eigenvalue weighted by molar-refractivity contribution is 8.20. The standard InChI is InChI=1S/C26H29NS4/c1-23(2,3)25(28-18-11-7-8-12-19(18)29-25)17-15-22(27-16-17)26(24(4,5)6)30-20-13-9-10-14-21(20)31-26/h7-16,27H,1-6H3. The molecule has 0 aliphatic carbocycles. The molecule has 5 rings (SSSR count). The molecule has 0 unspecified atom stereocenters. The van der Waals surface area contributed by atoms with E-state index in [1.165, 1.54) is 30.8 Å². The van der Waals surface area contributed by atoms with Crippen molar-refractivity contribution >= 4 is 47.0 Å². The molecule has 3 aromatic rings. The topological polar surface area (TPSA) is 15.8 Å². The minimum absolute atomic E-state index is 0.0503.